The van der Waals surface area contributed by atoms with Gasteiger partial charge >= 0.3 is 21.3 Å². The predicted molar refractivity (Wildman–Crippen MR) is 157 cm³/mol. The number of nitrogen functional groups attached to an aromatic ring is 1. The molecule has 0 bridgehead atoms. The zero-order chi connectivity index (χ0) is 30.8. The highest BCUT2D eigenvalue weighted by atomic mass is 31.1. The summed E-state index contributed by atoms with van der Waals surface area (Å²) in [5, 5.41) is 0. The van der Waals surface area contributed by atoms with Crippen molar-refractivity contribution in [3.8, 4) is 5.88 Å². The van der Waals surface area contributed by atoms with E-state index in [1.165, 1.54) is 20.4 Å². The van der Waals surface area contributed by atoms with Gasteiger partial charge in [-0.15, -0.1) is 9.05 Å². The van der Waals surface area contributed by atoms with Gasteiger partial charge in [-0.2, -0.15) is 9.97 Å². The smallest absolute Gasteiger partial charge is 0.479 e. The second-order valence-corrected chi connectivity index (χ2v) is 11.3. The molecule has 2 aliphatic heterocycles. The number of hydrogen-bond donors (Lipinski definition) is 1. The van der Waals surface area contributed by atoms with E-state index in [2.05, 4.69) is 15.0 Å². The van der Waals surface area contributed by atoms with E-state index in [9.17, 15) is 9.36 Å². The molecular formula is C28H30BN5O9P+. The van der Waals surface area contributed by atoms with Gasteiger partial charge in [0.1, 0.15) is 31.0 Å². The van der Waals surface area contributed by atoms with E-state index >= 15 is 0 Å². The first kappa shape index (κ1) is 30.1. The number of aromatic nitrogens is 4. The van der Waals surface area contributed by atoms with Crippen LogP contribution in [0.2, 0.25) is 0 Å². The van der Waals surface area contributed by atoms with E-state index in [1.54, 1.807) is 4.57 Å². The van der Waals surface area contributed by atoms with E-state index in [0.29, 0.717) is 11.2 Å². The fourth-order valence-electron chi connectivity index (χ4n) is 5.25. The van der Waals surface area contributed by atoms with Crippen molar-refractivity contribution < 1.29 is 41.9 Å². The van der Waals surface area contributed by atoms with E-state index in [-0.39, 0.29) is 25.0 Å². The lowest BCUT2D eigenvalue weighted by atomic mass is 9.79. The van der Waals surface area contributed by atoms with Gasteiger partial charge in [0.05, 0.1) is 13.4 Å². The van der Waals surface area contributed by atoms with Gasteiger partial charge in [0, 0.05) is 4.57 Å². The maximum atomic E-state index is 12.7. The van der Waals surface area contributed by atoms with Gasteiger partial charge in [-0.3, -0.25) is 4.57 Å². The van der Waals surface area contributed by atoms with Gasteiger partial charge in [-0.25, -0.2) is 9.78 Å². The van der Waals surface area contributed by atoms with E-state index in [4.69, 9.17) is 38.3 Å². The molecule has 6 rings (SSSR count). The number of benzene rings is 2. The number of carbonyl (C=O) groups excluding carboxylic acids is 1. The average molecular weight is 622 g/mol. The van der Waals surface area contributed by atoms with Gasteiger partial charge in [0.25, 0.3) is 0 Å². The fourth-order valence-corrected chi connectivity index (χ4v) is 5.92. The van der Waals surface area contributed by atoms with Gasteiger partial charge in [0.15, 0.2) is 17.4 Å². The molecule has 0 radical (unpaired) electrons. The molecule has 16 heteroatoms. The summed E-state index contributed by atoms with van der Waals surface area (Å²) < 4.78 is 55.1. The van der Waals surface area contributed by atoms with Crippen molar-refractivity contribution >= 4 is 43.9 Å². The molecule has 2 saturated heterocycles. The number of esters is 1. The van der Waals surface area contributed by atoms with E-state index < -0.39 is 51.5 Å². The Labute approximate surface area is 253 Å². The molecule has 2 N–H and O–H groups in total. The Morgan fingerprint density at radius 3 is 2.61 bits per heavy atom. The fraction of sp³-hybridized carbons (Fsp3) is 0.357. The van der Waals surface area contributed by atoms with Crippen molar-refractivity contribution in [3.05, 3.63) is 72.6 Å². The molecule has 44 heavy (non-hydrogen) atoms. The van der Waals surface area contributed by atoms with Crippen LogP contribution in [0.25, 0.3) is 11.2 Å². The topological polar surface area (TPSA) is 168 Å². The molecule has 2 aromatic heterocycles. The third-order valence-electron chi connectivity index (χ3n) is 7.40. The first-order valence-electron chi connectivity index (χ1n) is 13.8. The second kappa shape index (κ2) is 12.6. The van der Waals surface area contributed by atoms with Crippen LogP contribution in [0, 0.1) is 0 Å². The van der Waals surface area contributed by atoms with Gasteiger partial charge in [-0.1, -0.05) is 60.7 Å². The normalized spacial score (nSPS) is 23.8. The molecule has 6 atom stereocenters. The summed E-state index contributed by atoms with van der Waals surface area (Å²) in [4.78, 5) is 25.3. The number of nitrogens with two attached hydrogens (primary N) is 1. The molecule has 14 nitrogen and oxygen atoms in total. The zero-order valence-electron chi connectivity index (χ0n) is 24.1. The minimum absolute atomic E-state index is 0.00741. The third-order valence-corrected chi connectivity index (χ3v) is 8.24. The Bertz CT molecular complexity index is 1650. The standard InChI is InChI=1S/C28H30BN5O9P/c1-17(25(35)38-14-18-10-6-4-7-11-18)42-44(36)39-15-20-22-28(2,43-29(41-22)19-12-8-5-9-13-19)26(40-20)34-16-31-21-23(34)32-27(30)33-24(21)37-3/h4-13,16-17,20,22,26H,14-15H2,1-3H3,(H2,30,32,33)/q+1/t17?,20-,22-,26-,28-/m1/s1. The van der Waals surface area contributed by atoms with Gasteiger partial charge in [0.2, 0.25) is 17.9 Å². The molecule has 0 amide bonds. The zero-order valence-corrected chi connectivity index (χ0v) is 25.0. The molecule has 0 aliphatic carbocycles. The molecule has 2 aromatic carbocycles. The third kappa shape index (κ3) is 5.90. The lowest BCUT2D eigenvalue weighted by molar-refractivity contribution is -0.152. The SMILES string of the molecule is COc1nc(N)nc2c1ncn2[C@@H]1O[C@H](CO[P+](=O)OC(C)C(=O)OCc2ccccc2)[C@H]2OB(c3ccccc3)O[C@]21C. The van der Waals surface area contributed by atoms with Crippen molar-refractivity contribution in [3.63, 3.8) is 0 Å². The van der Waals surface area contributed by atoms with Gasteiger partial charge in [-0.05, 0) is 24.9 Å². The van der Waals surface area contributed by atoms with Crippen LogP contribution in [0.4, 0.5) is 5.95 Å². The number of anilines is 1. The number of rotatable bonds is 11. The number of methoxy groups -OCH3 is 1. The number of imidazole rings is 1. The number of nitrogens with zero attached hydrogens (tertiary/aromatic N) is 4. The Balaban J connectivity index is 1.18. The van der Waals surface area contributed by atoms with Crippen LogP contribution >= 0.6 is 8.25 Å². The predicted octanol–water partition coefficient (Wildman–Crippen LogP) is 2.71. The van der Waals surface area contributed by atoms with Crippen molar-refractivity contribution in [1.29, 1.82) is 0 Å². The summed E-state index contributed by atoms with van der Waals surface area (Å²) in [5.41, 5.74) is 7.24. The Morgan fingerprint density at radius 2 is 1.89 bits per heavy atom. The maximum absolute atomic E-state index is 12.7. The Morgan fingerprint density at radius 1 is 1.16 bits per heavy atom. The lowest BCUT2D eigenvalue weighted by Gasteiger charge is -2.29. The summed E-state index contributed by atoms with van der Waals surface area (Å²) in [6.45, 7) is 3.15. The van der Waals surface area contributed by atoms with Gasteiger partial charge < -0.3 is 29.3 Å². The minimum atomic E-state index is -2.72. The monoisotopic (exact) mass is 622 g/mol. The molecule has 2 aliphatic rings. The molecule has 2 unspecified atom stereocenters. The molecule has 228 valence electrons. The molecular weight excluding hydrogens is 592 g/mol. The van der Waals surface area contributed by atoms with Crippen molar-refractivity contribution in [1.82, 2.24) is 19.5 Å². The second-order valence-electron chi connectivity index (χ2n) is 10.4. The molecule has 0 spiro atoms. The van der Waals surface area contributed by atoms with Crippen LogP contribution in [-0.4, -0.2) is 70.2 Å². The summed E-state index contributed by atoms with van der Waals surface area (Å²) in [5.74, 6) is -0.471. The average Bonchev–Trinajstić information content (AvgIpc) is 3.69. The number of carbonyl (C=O) groups is 1. The summed E-state index contributed by atoms with van der Waals surface area (Å²) >= 11 is 0. The highest BCUT2D eigenvalue weighted by molar-refractivity contribution is 7.33. The molecule has 4 aromatic rings. The van der Waals surface area contributed by atoms with Crippen LogP contribution < -0.4 is 15.9 Å². The van der Waals surface area contributed by atoms with Crippen LogP contribution in [0.5, 0.6) is 5.88 Å². The Hall–Kier alpha value is -3.98. The highest BCUT2D eigenvalue weighted by Gasteiger charge is 2.64. The molecule has 0 saturated carbocycles. The first-order chi connectivity index (χ1) is 21.3. The quantitative estimate of drug-likeness (QED) is 0.147. The number of fused-ring (bicyclic) bond motifs is 2. The van der Waals surface area contributed by atoms with E-state index in [0.717, 1.165) is 11.0 Å². The van der Waals surface area contributed by atoms with Crippen LogP contribution in [0.3, 0.4) is 0 Å². The first-order valence-corrected chi connectivity index (χ1v) is 14.9. The van der Waals surface area contributed by atoms with Crippen LogP contribution in [0.1, 0.15) is 25.6 Å². The van der Waals surface area contributed by atoms with Crippen molar-refractivity contribution in [2.75, 3.05) is 19.5 Å². The highest BCUT2D eigenvalue weighted by Crippen LogP contribution is 2.48. The summed E-state index contributed by atoms with van der Waals surface area (Å²) in [7, 11) is -1.98. The van der Waals surface area contributed by atoms with Crippen LogP contribution in [0.15, 0.2) is 67.0 Å². The van der Waals surface area contributed by atoms with E-state index in [1.807, 2.05) is 67.6 Å². The largest absolute Gasteiger partial charge is 0.698 e. The number of hydrogen-bond acceptors (Lipinski definition) is 13. The van der Waals surface area contributed by atoms with Crippen molar-refractivity contribution in [2.45, 2.75) is 50.6 Å². The lowest BCUT2D eigenvalue weighted by Crippen LogP contribution is -2.42. The van der Waals surface area contributed by atoms with Crippen molar-refractivity contribution in [2.24, 2.45) is 0 Å². The minimum Gasteiger partial charge on any atom is -0.479 e. The summed E-state index contributed by atoms with van der Waals surface area (Å²) in [6, 6.07) is 18.6. The summed E-state index contributed by atoms with van der Waals surface area (Å²) in [6.07, 6.45) is -1.85. The molecule has 4 heterocycles. The maximum Gasteiger partial charge on any atom is 0.698 e. The van der Waals surface area contributed by atoms with Crippen LogP contribution in [-0.2, 0) is 43.8 Å². The molecule has 2 fully saturated rings. The number of ether oxygens (including phenoxy) is 3. The Kier molecular flexibility index (Phi) is 8.58.